The quantitative estimate of drug-likeness (QED) is 0.441. The molecule has 0 saturated heterocycles. The second-order valence-electron chi connectivity index (χ2n) is 2.50. The first kappa shape index (κ1) is 10.3. The second kappa shape index (κ2) is 6.07. The number of carbonyl (C=O) groups is 1. The average molecular weight is 156 g/mol. The Morgan fingerprint density at radius 1 is 1.64 bits per heavy atom. The molecule has 3 heteroatoms. The molecule has 0 aromatic rings. The zero-order valence-corrected chi connectivity index (χ0v) is 6.92. The summed E-state index contributed by atoms with van der Waals surface area (Å²) in [7, 11) is 0. The molecule has 0 rings (SSSR count). The Hall–Kier alpha value is -0.670. The molecule has 0 radical (unpaired) electrons. The first-order chi connectivity index (χ1) is 5.18. The third-order valence-corrected chi connectivity index (χ3v) is 1.39. The smallest absolute Gasteiger partial charge is 0.150 e. The average Bonchev–Trinajstić information content (AvgIpc) is 1.97. The highest BCUT2D eigenvalue weighted by atomic mass is 16.1. The van der Waals surface area contributed by atoms with E-state index < -0.39 is 6.04 Å². The van der Waals surface area contributed by atoms with Gasteiger partial charge >= 0.3 is 0 Å². The molecule has 0 spiro atoms. The van der Waals surface area contributed by atoms with Crippen LogP contribution in [-0.2, 0) is 4.79 Å². The van der Waals surface area contributed by atoms with Gasteiger partial charge in [-0.05, 0) is 26.3 Å². The van der Waals surface area contributed by atoms with Crippen molar-refractivity contribution in [3.63, 3.8) is 0 Å². The van der Waals surface area contributed by atoms with Crippen LogP contribution in [0.15, 0.2) is 12.2 Å². The van der Waals surface area contributed by atoms with Gasteiger partial charge in [-0.25, -0.2) is 0 Å². The lowest BCUT2D eigenvalue weighted by molar-refractivity contribution is -0.117. The number of hydrogen-bond donors (Lipinski definition) is 2. The summed E-state index contributed by atoms with van der Waals surface area (Å²) in [6.07, 6.45) is 5.47. The van der Waals surface area contributed by atoms with Gasteiger partial charge in [0.2, 0.25) is 0 Å². The van der Waals surface area contributed by atoms with Crippen LogP contribution in [0, 0.1) is 0 Å². The molecule has 3 nitrogen and oxygen atoms in total. The minimum atomic E-state index is -0.437. The van der Waals surface area contributed by atoms with Crippen molar-refractivity contribution >= 4 is 5.78 Å². The number of hydrogen-bond acceptors (Lipinski definition) is 3. The number of nitrogens with two attached hydrogens (primary N) is 2. The maximum Gasteiger partial charge on any atom is 0.150 e. The van der Waals surface area contributed by atoms with Gasteiger partial charge in [0, 0.05) is 0 Å². The molecule has 4 N–H and O–H groups in total. The van der Waals surface area contributed by atoms with Crippen molar-refractivity contribution in [1.82, 2.24) is 0 Å². The summed E-state index contributed by atoms with van der Waals surface area (Å²) in [4.78, 5) is 10.6. The Labute approximate surface area is 67.4 Å². The third kappa shape index (κ3) is 5.76. The molecule has 1 atom stereocenters. The Balaban J connectivity index is 3.48. The lowest BCUT2D eigenvalue weighted by Crippen LogP contribution is -2.25. The van der Waals surface area contributed by atoms with Crippen LogP contribution < -0.4 is 11.5 Å². The standard InChI is InChI=1S/C8H16N2O/c1-7(11)8(10)5-3-2-4-6-9/h3,5,8H,2,4,6,9-10H2,1H3/b5-3+. The van der Waals surface area contributed by atoms with Crippen molar-refractivity contribution in [2.24, 2.45) is 11.5 Å². The molecule has 0 amide bonds. The topological polar surface area (TPSA) is 69.1 Å². The first-order valence-electron chi connectivity index (χ1n) is 3.81. The van der Waals surface area contributed by atoms with E-state index in [4.69, 9.17) is 11.5 Å². The Morgan fingerprint density at radius 3 is 2.73 bits per heavy atom. The van der Waals surface area contributed by atoms with E-state index in [1.807, 2.05) is 6.08 Å². The summed E-state index contributed by atoms with van der Waals surface area (Å²) in [5, 5.41) is 0. The van der Waals surface area contributed by atoms with Crippen LogP contribution in [0.25, 0.3) is 0 Å². The molecule has 0 heterocycles. The molecule has 11 heavy (non-hydrogen) atoms. The summed E-state index contributed by atoms with van der Waals surface area (Å²) < 4.78 is 0. The van der Waals surface area contributed by atoms with Crippen LogP contribution in [0.3, 0.4) is 0 Å². The maximum absolute atomic E-state index is 10.6. The summed E-state index contributed by atoms with van der Waals surface area (Å²) in [5.41, 5.74) is 10.7. The summed E-state index contributed by atoms with van der Waals surface area (Å²) in [5.74, 6) is -0.00556. The van der Waals surface area contributed by atoms with E-state index in [0.717, 1.165) is 12.8 Å². The fourth-order valence-corrected chi connectivity index (χ4v) is 0.614. The summed E-state index contributed by atoms with van der Waals surface area (Å²) >= 11 is 0. The molecule has 0 aromatic heterocycles. The number of rotatable bonds is 5. The minimum absolute atomic E-state index is 0.00556. The fourth-order valence-electron chi connectivity index (χ4n) is 0.614. The Morgan fingerprint density at radius 2 is 2.27 bits per heavy atom. The van der Waals surface area contributed by atoms with Gasteiger partial charge in [0.15, 0.2) is 0 Å². The molecule has 64 valence electrons. The predicted octanol–water partition coefficient (Wildman–Crippen LogP) is 0.198. The largest absolute Gasteiger partial charge is 0.330 e. The summed E-state index contributed by atoms with van der Waals surface area (Å²) in [6, 6.07) is -0.437. The molecular formula is C8H16N2O. The van der Waals surface area contributed by atoms with E-state index in [1.165, 1.54) is 6.92 Å². The maximum atomic E-state index is 10.6. The number of allylic oxidation sites excluding steroid dienone is 1. The molecule has 0 fully saturated rings. The van der Waals surface area contributed by atoms with Crippen LogP contribution in [0.4, 0.5) is 0 Å². The zero-order chi connectivity index (χ0) is 8.69. The normalized spacial score (nSPS) is 13.7. The SMILES string of the molecule is CC(=O)C(N)/C=C/CCCN. The molecular weight excluding hydrogens is 140 g/mol. The van der Waals surface area contributed by atoms with E-state index in [2.05, 4.69) is 0 Å². The third-order valence-electron chi connectivity index (χ3n) is 1.39. The minimum Gasteiger partial charge on any atom is -0.330 e. The molecule has 0 aliphatic rings. The highest BCUT2D eigenvalue weighted by Gasteiger charge is 2.00. The molecule has 0 bridgehead atoms. The monoisotopic (exact) mass is 156 g/mol. The van der Waals surface area contributed by atoms with Crippen LogP contribution >= 0.6 is 0 Å². The van der Waals surface area contributed by atoms with Crippen molar-refractivity contribution in [2.45, 2.75) is 25.8 Å². The van der Waals surface area contributed by atoms with Gasteiger partial charge in [-0.3, -0.25) is 4.79 Å². The molecule has 0 aliphatic heterocycles. The Bertz CT molecular complexity index is 143. The number of carbonyl (C=O) groups excluding carboxylic acids is 1. The number of ketones is 1. The van der Waals surface area contributed by atoms with Crippen molar-refractivity contribution in [3.8, 4) is 0 Å². The second-order valence-corrected chi connectivity index (χ2v) is 2.50. The molecule has 1 unspecified atom stereocenters. The van der Waals surface area contributed by atoms with E-state index in [0.29, 0.717) is 6.54 Å². The van der Waals surface area contributed by atoms with Crippen molar-refractivity contribution in [1.29, 1.82) is 0 Å². The van der Waals surface area contributed by atoms with Crippen molar-refractivity contribution in [2.75, 3.05) is 6.54 Å². The van der Waals surface area contributed by atoms with E-state index in [9.17, 15) is 4.79 Å². The van der Waals surface area contributed by atoms with Gasteiger partial charge in [0.25, 0.3) is 0 Å². The highest BCUT2D eigenvalue weighted by Crippen LogP contribution is 1.90. The van der Waals surface area contributed by atoms with Crippen LogP contribution in [0.5, 0.6) is 0 Å². The van der Waals surface area contributed by atoms with Crippen LogP contribution in [0.1, 0.15) is 19.8 Å². The van der Waals surface area contributed by atoms with Gasteiger partial charge in [0.05, 0.1) is 6.04 Å². The highest BCUT2D eigenvalue weighted by molar-refractivity contribution is 5.83. The van der Waals surface area contributed by atoms with Gasteiger partial charge in [-0.1, -0.05) is 12.2 Å². The fraction of sp³-hybridized carbons (Fsp3) is 0.625. The lowest BCUT2D eigenvalue weighted by atomic mass is 10.2. The van der Waals surface area contributed by atoms with Crippen LogP contribution in [-0.4, -0.2) is 18.4 Å². The van der Waals surface area contributed by atoms with Gasteiger partial charge in [-0.2, -0.15) is 0 Å². The van der Waals surface area contributed by atoms with Gasteiger partial charge in [0.1, 0.15) is 5.78 Å². The number of unbranched alkanes of at least 4 members (excludes halogenated alkanes) is 1. The molecule has 0 aromatic carbocycles. The van der Waals surface area contributed by atoms with Crippen molar-refractivity contribution in [3.05, 3.63) is 12.2 Å². The first-order valence-corrected chi connectivity index (χ1v) is 3.81. The van der Waals surface area contributed by atoms with E-state index in [1.54, 1.807) is 6.08 Å². The molecule has 0 aliphatic carbocycles. The zero-order valence-electron chi connectivity index (χ0n) is 6.92. The predicted molar refractivity (Wildman–Crippen MR) is 46.1 cm³/mol. The van der Waals surface area contributed by atoms with Gasteiger partial charge < -0.3 is 11.5 Å². The number of Topliss-reactive ketones (excluding diaryl/α,β-unsaturated/α-hetero) is 1. The van der Waals surface area contributed by atoms with Crippen LogP contribution in [0.2, 0.25) is 0 Å². The van der Waals surface area contributed by atoms with E-state index in [-0.39, 0.29) is 5.78 Å². The van der Waals surface area contributed by atoms with Crippen molar-refractivity contribution < 1.29 is 4.79 Å². The lowest BCUT2D eigenvalue weighted by Gasteiger charge is -1.98. The Kier molecular flexibility index (Phi) is 5.70. The van der Waals surface area contributed by atoms with Gasteiger partial charge in [-0.15, -0.1) is 0 Å². The molecule has 0 saturated carbocycles. The van der Waals surface area contributed by atoms with E-state index >= 15 is 0 Å². The summed E-state index contributed by atoms with van der Waals surface area (Å²) in [6.45, 7) is 2.16.